The Morgan fingerprint density at radius 2 is 0.470 bits per heavy atom. The van der Waals surface area contributed by atoms with E-state index in [1.54, 1.807) is 0 Å². The minimum absolute atomic E-state index is 0.0790. The smallest absolute Gasteiger partial charge is 0.306 e. The second-order valence-corrected chi connectivity index (χ2v) is 24.5. The third-order valence-electron chi connectivity index (χ3n) is 16.2. The molecule has 0 saturated carbocycles. The molecule has 0 aromatic carbocycles. The molecular formula is C77H138O6. The van der Waals surface area contributed by atoms with Crippen molar-refractivity contribution in [1.29, 1.82) is 0 Å². The first-order chi connectivity index (χ1) is 41.0. The second-order valence-electron chi connectivity index (χ2n) is 24.5. The van der Waals surface area contributed by atoms with E-state index < -0.39 is 6.10 Å². The molecule has 0 heterocycles. The van der Waals surface area contributed by atoms with Crippen molar-refractivity contribution in [3.8, 4) is 0 Å². The van der Waals surface area contributed by atoms with Crippen LogP contribution in [0.5, 0.6) is 0 Å². The maximum absolute atomic E-state index is 12.9. The van der Waals surface area contributed by atoms with Gasteiger partial charge >= 0.3 is 17.9 Å². The van der Waals surface area contributed by atoms with Gasteiger partial charge in [0, 0.05) is 19.3 Å². The average Bonchev–Trinajstić information content (AvgIpc) is 3.50. The van der Waals surface area contributed by atoms with Crippen LogP contribution >= 0.6 is 0 Å². The maximum Gasteiger partial charge on any atom is 0.306 e. The molecule has 6 heteroatoms. The molecule has 482 valence electrons. The van der Waals surface area contributed by atoms with Crippen LogP contribution in [0.15, 0.2) is 72.9 Å². The number of ether oxygens (including phenoxy) is 3. The lowest BCUT2D eigenvalue weighted by Crippen LogP contribution is -2.30. The Hall–Kier alpha value is -3.15. The summed E-state index contributed by atoms with van der Waals surface area (Å²) in [4.78, 5) is 38.5. The summed E-state index contributed by atoms with van der Waals surface area (Å²) in [5, 5.41) is 0. The lowest BCUT2D eigenvalue weighted by molar-refractivity contribution is -0.167. The summed E-state index contributed by atoms with van der Waals surface area (Å²) in [6, 6.07) is 0. The van der Waals surface area contributed by atoms with Crippen molar-refractivity contribution in [3.63, 3.8) is 0 Å². The molecule has 0 saturated heterocycles. The fourth-order valence-electron chi connectivity index (χ4n) is 10.7. The molecule has 0 N–H and O–H groups in total. The summed E-state index contributed by atoms with van der Waals surface area (Å²) in [6.07, 6.45) is 93.7. The Kier molecular flexibility index (Phi) is 68.6. The van der Waals surface area contributed by atoms with Gasteiger partial charge in [0.2, 0.25) is 0 Å². The van der Waals surface area contributed by atoms with E-state index in [1.807, 2.05) is 0 Å². The Balaban J connectivity index is 4.22. The standard InChI is InChI=1S/C77H138O6/c1-4-7-10-13-16-19-22-25-28-31-32-33-34-35-36-37-38-39-40-41-42-43-44-47-49-52-55-58-61-64-67-70-76(79)82-73-74(83-77(80)71-68-65-62-59-56-53-50-46-30-27-24-21-18-15-12-9-6-3)72-81-75(78)69-66-63-60-57-54-51-48-45-29-26-23-20-17-14-11-8-5-2/h9,12,17-18,20-21,26-27,29-32,74H,4-8,10-11,13-16,19,22-25,28,33-73H2,1-3H3/b12-9-,20-17-,21-18-,29-26-,30-27-,32-31-. The van der Waals surface area contributed by atoms with Crippen molar-refractivity contribution in [2.45, 2.75) is 386 Å². The van der Waals surface area contributed by atoms with Crippen molar-refractivity contribution in [2.24, 2.45) is 0 Å². The van der Waals surface area contributed by atoms with Gasteiger partial charge < -0.3 is 14.2 Å². The summed E-state index contributed by atoms with van der Waals surface area (Å²) >= 11 is 0. The Morgan fingerprint density at radius 1 is 0.253 bits per heavy atom. The fraction of sp³-hybridized carbons (Fsp3) is 0.805. The molecule has 6 nitrogen and oxygen atoms in total. The molecule has 0 aliphatic carbocycles. The van der Waals surface area contributed by atoms with E-state index in [0.717, 1.165) is 96.3 Å². The summed E-state index contributed by atoms with van der Waals surface area (Å²) in [7, 11) is 0. The number of hydrogen-bond donors (Lipinski definition) is 0. The van der Waals surface area contributed by atoms with Gasteiger partial charge in [0.25, 0.3) is 0 Å². The maximum atomic E-state index is 12.9. The highest BCUT2D eigenvalue weighted by Crippen LogP contribution is 2.18. The number of carbonyl (C=O) groups excluding carboxylic acids is 3. The molecule has 1 unspecified atom stereocenters. The van der Waals surface area contributed by atoms with Crippen LogP contribution in [0.25, 0.3) is 0 Å². The normalized spacial score (nSPS) is 12.5. The quantitative estimate of drug-likeness (QED) is 0.0261. The first kappa shape index (κ1) is 79.8. The number of carbonyl (C=O) groups is 3. The van der Waals surface area contributed by atoms with E-state index in [1.165, 1.54) is 244 Å². The van der Waals surface area contributed by atoms with E-state index in [4.69, 9.17) is 14.2 Å². The topological polar surface area (TPSA) is 78.9 Å². The Bertz CT molecular complexity index is 1520. The zero-order chi connectivity index (χ0) is 59.9. The van der Waals surface area contributed by atoms with Gasteiger partial charge in [0.05, 0.1) is 0 Å². The minimum atomic E-state index is -0.785. The first-order valence-corrected chi connectivity index (χ1v) is 36.4. The third-order valence-corrected chi connectivity index (χ3v) is 16.2. The molecule has 83 heavy (non-hydrogen) atoms. The lowest BCUT2D eigenvalue weighted by atomic mass is 10.0. The van der Waals surface area contributed by atoms with E-state index >= 15 is 0 Å². The zero-order valence-electron chi connectivity index (χ0n) is 55.5. The zero-order valence-corrected chi connectivity index (χ0v) is 55.5. The molecule has 1 atom stereocenters. The van der Waals surface area contributed by atoms with Gasteiger partial charge in [-0.15, -0.1) is 0 Å². The van der Waals surface area contributed by atoms with E-state index in [2.05, 4.69) is 93.7 Å². The van der Waals surface area contributed by atoms with Crippen LogP contribution in [0.1, 0.15) is 380 Å². The summed E-state index contributed by atoms with van der Waals surface area (Å²) < 4.78 is 17.0. The molecule has 0 aliphatic rings. The monoisotopic (exact) mass is 1160 g/mol. The number of rotatable bonds is 67. The van der Waals surface area contributed by atoms with Crippen molar-refractivity contribution in [2.75, 3.05) is 13.2 Å². The van der Waals surface area contributed by atoms with Crippen molar-refractivity contribution in [3.05, 3.63) is 72.9 Å². The first-order valence-electron chi connectivity index (χ1n) is 36.4. The van der Waals surface area contributed by atoms with E-state index in [9.17, 15) is 14.4 Å². The second kappa shape index (κ2) is 71.3. The van der Waals surface area contributed by atoms with Crippen molar-refractivity contribution >= 4 is 17.9 Å². The molecule has 0 spiro atoms. The van der Waals surface area contributed by atoms with Crippen molar-refractivity contribution < 1.29 is 28.6 Å². The SMILES string of the molecule is CC/C=C\C/C=C\C/C=C\CCCCCCCCCC(=O)OC(COC(=O)CCCCCCCCC/C=C\C/C=C\CCCCC)COC(=O)CCCCCCCCCCCCCCCCCCCCC/C=C\CCCCCCCCCC. The van der Waals surface area contributed by atoms with Crippen LogP contribution in [0.4, 0.5) is 0 Å². The minimum Gasteiger partial charge on any atom is -0.462 e. The van der Waals surface area contributed by atoms with Gasteiger partial charge in [0.15, 0.2) is 6.10 Å². The number of allylic oxidation sites excluding steroid dienone is 12. The van der Waals surface area contributed by atoms with Crippen LogP contribution in [0.3, 0.4) is 0 Å². The molecular weight excluding hydrogens is 1020 g/mol. The average molecular weight is 1160 g/mol. The Labute approximate surface area is 516 Å². The van der Waals surface area contributed by atoms with Gasteiger partial charge in [0.1, 0.15) is 13.2 Å². The lowest BCUT2D eigenvalue weighted by Gasteiger charge is -2.18. The summed E-state index contributed by atoms with van der Waals surface area (Å²) in [6.45, 7) is 6.55. The molecule has 0 bridgehead atoms. The molecule has 0 aromatic rings. The van der Waals surface area contributed by atoms with Crippen LogP contribution < -0.4 is 0 Å². The van der Waals surface area contributed by atoms with Gasteiger partial charge in [-0.05, 0) is 109 Å². The van der Waals surface area contributed by atoms with Gasteiger partial charge in [-0.3, -0.25) is 14.4 Å². The fourth-order valence-corrected chi connectivity index (χ4v) is 10.7. The molecule has 0 aliphatic heterocycles. The molecule has 0 rings (SSSR count). The van der Waals surface area contributed by atoms with Crippen molar-refractivity contribution in [1.82, 2.24) is 0 Å². The largest absolute Gasteiger partial charge is 0.462 e. The molecule has 0 amide bonds. The third kappa shape index (κ3) is 69.5. The van der Waals surface area contributed by atoms with Gasteiger partial charge in [-0.1, -0.05) is 325 Å². The van der Waals surface area contributed by atoms with Crippen LogP contribution in [-0.2, 0) is 28.6 Å². The number of esters is 3. The number of hydrogen-bond acceptors (Lipinski definition) is 6. The summed E-state index contributed by atoms with van der Waals surface area (Å²) in [5.74, 6) is -0.876. The highest BCUT2D eigenvalue weighted by molar-refractivity contribution is 5.71. The van der Waals surface area contributed by atoms with E-state index in [-0.39, 0.29) is 31.1 Å². The predicted octanol–water partition coefficient (Wildman–Crippen LogP) is 25.2. The van der Waals surface area contributed by atoms with Gasteiger partial charge in [-0.2, -0.15) is 0 Å². The van der Waals surface area contributed by atoms with Crippen LogP contribution in [0.2, 0.25) is 0 Å². The van der Waals surface area contributed by atoms with Gasteiger partial charge in [-0.25, -0.2) is 0 Å². The Morgan fingerprint density at radius 3 is 0.771 bits per heavy atom. The highest BCUT2D eigenvalue weighted by atomic mass is 16.6. The predicted molar refractivity (Wildman–Crippen MR) is 362 cm³/mol. The van der Waals surface area contributed by atoms with E-state index in [0.29, 0.717) is 19.3 Å². The highest BCUT2D eigenvalue weighted by Gasteiger charge is 2.19. The van der Waals surface area contributed by atoms with Crippen LogP contribution in [-0.4, -0.2) is 37.2 Å². The molecule has 0 radical (unpaired) electrons. The molecule has 0 fully saturated rings. The molecule has 0 aromatic heterocycles. The summed E-state index contributed by atoms with van der Waals surface area (Å²) in [5.41, 5.74) is 0. The van der Waals surface area contributed by atoms with Crippen LogP contribution in [0, 0.1) is 0 Å². The number of unbranched alkanes of at least 4 members (excludes halogenated alkanes) is 44.